The molecule has 40 heavy (non-hydrogen) atoms. The zero-order chi connectivity index (χ0) is 28.4. The van der Waals surface area contributed by atoms with Crippen LogP contribution in [0.5, 0.6) is 11.5 Å². The maximum Gasteiger partial charge on any atom is 0.407 e. The number of carbonyl (C=O) groups is 1. The van der Waals surface area contributed by atoms with Crippen molar-refractivity contribution < 1.29 is 34.0 Å². The van der Waals surface area contributed by atoms with E-state index in [2.05, 4.69) is 17.4 Å². The van der Waals surface area contributed by atoms with E-state index in [0.29, 0.717) is 39.3 Å². The summed E-state index contributed by atoms with van der Waals surface area (Å²) in [5.41, 5.74) is 1.99. The molecule has 3 aromatic rings. The van der Waals surface area contributed by atoms with Crippen molar-refractivity contribution in [1.82, 2.24) is 10.2 Å². The number of rotatable bonds is 14. The molecular formula is C31H38N2O7. The second kappa shape index (κ2) is 14.1. The van der Waals surface area contributed by atoms with Crippen molar-refractivity contribution in [2.45, 2.75) is 24.2 Å². The van der Waals surface area contributed by atoms with Crippen molar-refractivity contribution in [1.29, 1.82) is 0 Å². The number of nitrogens with one attached hydrogen (secondary N) is 1. The van der Waals surface area contributed by atoms with Gasteiger partial charge in [-0.2, -0.15) is 0 Å². The van der Waals surface area contributed by atoms with Crippen LogP contribution < -0.4 is 14.8 Å². The Balaban J connectivity index is 1.43. The van der Waals surface area contributed by atoms with Gasteiger partial charge in [0.15, 0.2) is 0 Å². The molecule has 9 nitrogen and oxygen atoms in total. The van der Waals surface area contributed by atoms with E-state index in [1.165, 1.54) is 4.90 Å². The molecular weight excluding hydrogens is 512 g/mol. The summed E-state index contributed by atoms with van der Waals surface area (Å²) in [5, 5.41) is 22.3. The zero-order valence-corrected chi connectivity index (χ0v) is 23.0. The van der Waals surface area contributed by atoms with Crippen LogP contribution >= 0.6 is 0 Å². The molecule has 0 aliphatic carbocycles. The highest BCUT2D eigenvalue weighted by molar-refractivity contribution is 5.66. The number of amides is 1. The number of aliphatic hydroxyl groups excluding tert-OH is 1. The molecule has 0 bridgehead atoms. The summed E-state index contributed by atoms with van der Waals surface area (Å²) in [5.74, 6) is 1.52. The van der Waals surface area contributed by atoms with Gasteiger partial charge in [0.05, 0.1) is 52.7 Å². The Hall–Kier alpha value is -3.63. The third kappa shape index (κ3) is 6.92. The Kier molecular flexibility index (Phi) is 10.4. The third-order valence-electron chi connectivity index (χ3n) is 7.16. The highest BCUT2D eigenvalue weighted by atomic mass is 16.5. The van der Waals surface area contributed by atoms with E-state index in [9.17, 15) is 15.0 Å². The lowest BCUT2D eigenvalue weighted by atomic mass is 9.80. The first-order valence-corrected chi connectivity index (χ1v) is 13.4. The third-order valence-corrected chi connectivity index (χ3v) is 7.16. The van der Waals surface area contributed by atoms with Crippen molar-refractivity contribution in [3.63, 3.8) is 0 Å². The Morgan fingerprint density at radius 3 is 2.00 bits per heavy atom. The highest BCUT2D eigenvalue weighted by Gasteiger charge is 2.38. The summed E-state index contributed by atoms with van der Waals surface area (Å²) >= 11 is 0. The van der Waals surface area contributed by atoms with E-state index in [0.717, 1.165) is 28.2 Å². The SMILES string of the molecule is COc1ccc(C(OCCOCCNC[C@@H]2C[C@@H](O)CN2C(=O)O)(c2ccccc2)c2ccc(OC)cc2)cc1. The van der Waals surface area contributed by atoms with Crippen LogP contribution in [0.25, 0.3) is 0 Å². The molecule has 1 fully saturated rings. The van der Waals surface area contributed by atoms with Gasteiger partial charge < -0.3 is 39.4 Å². The second-order valence-electron chi connectivity index (χ2n) is 9.65. The molecule has 0 aromatic heterocycles. The molecule has 3 N–H and O–H groups in total. The fraction of sp³-hybridized carbons (Fsp3) is 0.387. The number of aliphatic hydroxyl groups is 1. The first-order chi connectivity index (χ1) is 19.5. The van der Waals surface area contributed by atoms with Crippen LogP contribution in [0.2, 0.25) is 0 Å². The minimum absolute atomic E-state index is 0.154. The minimum Gasteiger partial charge on any atom is -0.497 e. The number of methoxy groups -OCH3 is 2. The van der Waals surface area contributed by atoms with Gasteiger partial charge >= 0.3 is 6.09 Å². The van der Waals surface area contributed by atoms with Gasteiger partial charge in [-0.05, 0) is 47.4 Å². The van der Waals surface area contributed by atoms with Gasteiger partial charge in [-0.3, -0.25) is 0 Å². The predicted octanol–water partition coefficient (Wildman–Crippen LogP) is 3.73. The lowest BCUT2D eigenvalue weighted by Gasteiger charge is -2.36. The molecule has 0 radical (unpaired) electrons. The Bertz CT molecular complexity index is 1140. The fourth-order valence-electron chi connectivity index (χ4n) is 5.16. The van der Waals surface area contributed by atoms with Gasteiger partial charge in [0.2, 0.25) is 0 Å². The summed E-state index contributed by atoms with van der Waals surface area (Å²) in [4.78, 5) is 12.6. The number of ether oxygens (including phenoxy) is 4. The number of hydrogen-bond acceptors (Lipinski definition) is 7. The number of benzene rings is 3. The lowest BCUT2D eigenvalue weighted by Crippen LogP contribution is -2.41. The summed E-state index contributed by atoms with van der Waals surface area (Å²) in [6, 6.07) is 25.6. The summed E-state index contributed by atoms with van der Waals surface area (Å²) in [7, 11) is 3.29. The normalized spacial score (nSPS) is 17.1. The minimum atomic E-state index is -1.01. The molecule has 3 aromatic carbocycles. The fourth-order valence-corrected chi connectivity index (χ4v) is 5.16. The highest BCUT2D eigenvalue weighted by Crippen LogP contribution is 2.41. The molecule has 1 saturated heterocycles. The largest absolute Gasteiger partial charge is 0.497 e. The first kappa shape index (κ1) is 29.4. The number of carboxylic acid groups (broad SMARTS) is 1. The molecule has 4 rings (SSSR count). The van der Waals surface area contributed by atoms with Crippen molar-refractivity contribution in [3.05, 3.63) is 95.6 Å². The molecule has 2 atom stereocenters. The zero-order valence-electron chi connectivity index (χ0n) is 23.0. The Morgan fingerprint density at radius 2 is 1.45 bits per heavy atom. The van der Waals surface area contributed by atoms with Crippen LogP contribution in [0.3, 0.4) is 0 Å². The smallest absolute Gasteiger partial charge is 0.407 e. The lowest BCUT2D eigenvalue weighted by molar-refractivity contribution is -0.0233. The summed E-state index contributed by atoms with van der Waals surface area (Å²) in [6.45, 7) is 2.31. The van der Waals surface area contributed by atoms with Crippen molar-refractivity contribution in [2.24, 2.45) is 0 Å². The summed E-state index contributed by atoms with van der Waals surface area (Å²) in [6.07, 6.45) is -1.18. The van der Waals surface area contributed by atoms with Crippen LogP contribution in [0.4, 0.5) is 4.79 Å². The number of likely N-dealkylation sites (tertiary alicyclic amines) is 1. The molecule has 9 heteroatoms. The van der Waals surface area contributed by atoms with Gasteiger partial charge in [-0.1, -0.05) is 54.6 Å². The molecule has 1 aliphatic rings. The number of nitrogens with zero attached hydrogens (tertiary/aromatic N) is 1. The van der Waals surface area contributed by atoms with Gasteiger partial charge in [-0.25, -0.2) is 4.79 Å². The molecule has 0 unspecified atom stereocenters. The standard InChI is InChI=1S/C31H38N2O7/c1-37-28-12-8-24(9-13-28)31(23-6-4-3-5-7-23,25-10-14-29(38-2)15-11-25)40-19-18-39-17-16-32-21-26-20-27(34)22-33(26)30(35)36/h3-15,26-27,32,34H,16-22H2,1-2H3,(H,35,36)/t26-,27+/m0/s1. The molecule has 1 amide bonds. The van der Waals surface area contributed by atoms with Gasteiger partial charge in [0.25, 0.3) is 0 Å². The number of hydrogen-bond donors (Lipinski definition) is 3. The average Bonchev–Trinajstić information content (AvgIpc) is 3.38. The molecule has 0 spiro atoms. The van der Waals surface area contributed by atoms with Crippen LogP contribution in [-0.4, -0.2) is 87.0 Å². The van der Waals surface area contributed by atoms with Gasteiger partial charge in [-0.15, -0.1) is 0 Å². The van der Waals surface area contributed by atoms with Crippen LogP contribution in [0.15, 0.2) is 78.9 Å². The van der Waals surface area contributed by atoms with Crippen LogP contribution in [0.1, 0.15) is 23.1 Å². The Morgan fingerprint density at radius 1 is 0.875 bits per heavy atom. The summed E-state index contributed by atoms with van der Waals surface area (Å²) < 4.78 is 23.4. The van der Waals surface area contributed by atoms with Crippen molar-refractivity contribution in [2.75, 3.05) is 53.7 Å². The molecule has 214 valence electrons. The van der Waals surface area contributed by atoms with Gasteiger partial charge in [0, 0.05) is 13.1 Å². The van der Waals surface area contributed by atoms with E-state index >= 15 is 0 Å². The second-order valence-corrected chi connectivity index (χ2v) is 9.65. The molecule has 1 aliphatic heterocycles. The van der Waals surface area contributed by atoms with E-state index in [1.54, 1.807) is 14.2 Å². The monoisotopic (exact) mass is 550 g/mol. The molecule has 0 saturated carbocycles. The Labute approximate surface area is 235 Å². The van der Waals surface area contributed by atoms with E-state index in [4.69, 9.17) is 18.9 Å². The van der Waals surface area contributed by atoms with Crippen LogP contribution in [-0.2, 0) is 15.1 Å². The first-order valence-electron chi connectivity index (χ1n) is 13.4. The van der Waals surface area contributed by atoms with Gasteiger partial charge in [0.1, 0.15) is 17.1 Å². The van der Waals surface area contributed by atoms with E-state index in [-0.39, 0.29) is 12.6 Å². The quantitative estimate of drug-likeness (QED) is 0.206. The molecule has 1 heterocycles. The average molecular weight is 551 g/mol. The maximum absolute atomic E-state index is 11.4. The van der Waals surface area contributed by atoms with E-state index < -0.39 is 17.8 Å². The number of β-amino-alcohol motifs (C(OH)–C–C–N with tert-alkyl or cyclic N) is 1. The van der Waals surface area contributed by atoms with Crippen molar-refractivity contribution >= 4 is 6.09 Å². The van der Waals surface area contributed by atoms with Crippen molar-refractivity contribution in [3.8, 4) is 11.5 Å². The topological polar surface area (TPSA) is 110 Å². The predicted molar refractivity (Wildman–Crippen MR) is 151 cm³/mol. The van der Waals surface area contributed by atoms with E-state index in [1.807, 2.05) is 66.7 Å². The maximum atomic E-state index is 11.4. The van der Waals surface area contributed by atoms with Crippen LogP contribution in [0, 0.1) is 0 Å².